The Hall–Kier alpha value is -2.73. The fourth-order valence-electron chi connectivity index (χ4n) is 3.26. The fourth-order valence-corrected chi connectivity index (χ4v) is 3.26. The van der Waals surface area contributed by atoms with Crippen LogP contribution < -0.4 is 0 Å². The number of nitrogens with one attached hydrogen (secondary N) is 1. The van der Waals surface area contributed by atoms with Gasteiger partial charge < -0.3 is 9.88 Å². The molecule has 2 aromatic heterocycles. The molecular formula is C19H19FN4O. The number of carbonyl (C=O) groups excluding carboxylic acids is 1. The average Bonchev–Trinajstić information content (AvgIpc) is 3.08. The number of aromatic amines is 1. The minimum absolute atomic E-state index is 0.0702. The van der Waals surface area contributed by atoms with Crippen molar-refractivity contribution in [3.8, 4) is 0 Å². The molecule has 1 aromatic carbocycles. The molecule has 4 rings (SSSR count). The Bertz CT molecular complexity index is 885. The number of carbonyl (C=O) groups is 1. The number of piperazine rings is 1. The van der Waals surface area contributed by atoms with Crippen molar-refractivity contribution in [1.29, 1.82) is 0 Å². The van der Waals surface area contributed by atoms with Crippen molar-refractivity contribution < 1.29 is 9.18 Å². The molecule has 0 aliphatic carbocycles. The van der Waals surface area contributed by atoms with Crippen LogP contribution in [0.4, 0.5) is 4.39 Å². The topological polar surface area (TPSA) is 52.2 Å². The highest BCUT2D eigenvalue weighted by atomic mass is 19.1. The van der Waals surface area contributed by atoms with E-state index in [4.69, 9.17) is 0 Å². The molecule has 3 heterocycles. The zero-order valence-corrected chi connectivity index (χ0v) is 13.8. The van der Waals surface area contributed by atoms with Gasteiger partial charge >= 0.3 is 0 Å². The van der Waals surface area contributed by atoms with Gasteiger partial charge in [0, 0.05) is 56.0 Å². The zero-order valence-electron chi connectivity index (χ0n) is 13.8. The fraction of sp³-hybridized carbons (Fsp3) is 0.263. The predicted octanol–water partition coefficient (Wildman–Crippen LogP) is 2.66. The van der Waals surface area contributed by atoms with Crippen LogP contribution in [0.3, 0.4) is 0 Å². The molecule has 6 heteroatoms. The molecular weight excluding hydrogens is 319 g/mol. The Morgan fingerprint density at radius 1 is 1.12 bits per heavy atom. The van der Waals surface area contributed by atoms with Crippen molar-refractivity contribution in [1.82, 2.24) is 19.8 Å². The Labute approximate surface area is 145 Å². The zero-order chi connectivity index (χ0) is 17.2. The Morgan fingerprint density at radius 3 is 2.60 bits per heavy atom. The summed E-state index contributed by atoms with van der Waals surface area (Å²) in [7, 11) is 0. The molecule has 0 saturated carbocycles. The second-order valence-electron chi connectivity index (χ2n) is 6.31. The highest BCUT2D eigenvalue weighted by Gasteiger charge is 2.23. The quantitative estimate of drug-likeness (QED) is 0.799. The molecule has 1 saturated heterocycles. The van der Waals surface area contributed by atoms with Gasteiger partial charge in [-0.2, -0.15) is 0 Å². The van der Waals surface area contributed by atoms with Gasteiger partial charge in [-0.25, -0.2) is 4.39 Å². The lowest BCUT2D eigenvalue weighted by atomic mass is 10.2. The number of hydrogen-bond acceptors (Lipinski definition) is 3. The number of pyridine rings is 1. The summed E-state index contributed by atoms with van der Waals surface area (Å²) in [5.74, 6) is -0.380. The molecule has 0 spiro atoms. The van der Waals surface area contributed by atoms with Crippen LogP contribution in [-0.2, 0) is 6.54 Å². The van der Waals surface area contributed by atoms with Gasteiger partial charge in [0.05, 0.1) is 0 Å². The monoisotopic (exact) mass is 338 g/mol. The molecule has 3 aromatic rings. The smallest absolute Gasteiger partial charge is 0.270 e. The summed E-state index contributed by atoms with van der Waals surface area (Å²) in [6.45, 7) is 3.84. The predicted molar refractivity (Wildman–Crippen MR) is 93.7 cm³/mol. The molecule has 25 heavy (non-hydrogen) atoms. The normalized spacial score (nSPS) is 15.6. The molecule has 1 aliphatic rings. The number of amides is 1. The highest BCUT2D eigenvalue weighted by molar-refractivity contribution is 5.98. The number of fused-ring (bicyclic) bond motifs is 1. The van der Waals surface area contributed by atoms with Crippen molar-refractivity contribution in [2.75, 3.05) is 26.2 Å². The number of nitrogens with zero attached hydrogens (tertiary/aromatic N) is 3. The molecule has 1 fully saturated rings. The number of H-pyrrole nitrogens is 1. The van der Waals surface area contributed by atoms with Crippen molar-refractivity contribution in [2.45, 2.75) is 6.54 Å². The summed E-state index contributed by atoms with van der Waals surface area (Å²) >= 11 is 0. The lowest BCUT2D eigenvalue weighted by Crippen LogP contribution is -2.48. The lowest BCUT2D eigenvalue weighted by Gasteiger charge is -2.34. The van der Waals surface area contributed by atoms with Crippen LogP contribution in [-0.4, -0.2) is 51.9 Å². The van der Waals surface area contributed by atoms with Crippen molar-refractivity contribution >= 4 is 16.8 Å². The first-order chi connectivity index (χ1) is 12.2. The first-order valence-electron chi connectivity index (χ1n) is 8.38. The van der Waals surface area contributed by atoms with E-state index in [9.17, 15) is 9.18 Å². The van der Waals surface area contributed by atoms with Crippen LogP contribution in [0, 0.1) is 5.82 Å². The van der Waals surface area contributed by atoms with Crippen molar-refractivity contribution in [3.63, 3.8) is 0 Å². The number of aromatic nitrogens is 2. The van der Waals surface area contributed by atoms with Crippen LogP contribution >= 0.6 is 0 Å². The van der Waals surface area contributed by atoms with Gasteiger partial charge in [0.2, 0.25) is 0 Å². The minimum atomic E-state index is -0.310. The van der Waals surface area contributed by atoms with E-state index in [2.05, 4.69) is 14.9 Å². The van der Waals surface area contributed by atoms with Crippen LogP contribution in [0.5, 0.6) is 0 Å². The van der Waals surface area contributed by atoms with Gasteiger partial charge in [-0.15, -0.1) is 0 Å². The SMILES string of the molecule is O=C(c1cc2c(F)cccc2[nH]1)N1CCN(Cc2ccncc2)CC1. The van der Waals surface area contributed by atoms with Crippen LogP contribution in [0.15, 0.2) is 48.8 Å². The highest BCUT2D eigenvalue weighted by Crippen LogP contribution is 2.20. The van der Waals surface area contributed by atoms with Gasteiger partial charge in [-0.3, -0.25) is 14.7 Å². The average molecular weight is 338 g/mol. The standard InChI is InChI=1S/C19H19FN4O/c20-16-2-1-3-17-15(16)12-18(22-17)19(25)24-10-8-23(9-11-24)13-14-4-6-21-7-5-14/h1-7,12,22H,8-11,13H2. The minimum Gasteiger partial charge on any atom is -0.350 e. The van der Waals surface area contributed by atoms with E-state index in [1.807, 2.05) is 17.0 Å². The summed E-state index contributed by atoms with van der Waals surface area (Å²) in [6, 6.07) is 10.5. The van der Waals surface area contributed by atoms with Crippen LogP contribution in [0.2, 0.25) is 0 Å². The molecule has 1 aliphatic heterocycles. The molecule has 0 unspecified atom stereocenters. The molecule has 1 N–H and O–H groups in total. The van der Waals surface area contributed by atoms with Crippen LogP contribution in [0.1, 0.15) is 16.1 Å². The van der Waals surface area contributed by atoms with Gasteiger partial charge in [0.25, 0.3) is 5.91 Å². The second-order valence-corrected chi connectivity index (χ2v) is 6.31. The third-order valence-electron chi connectivity index (χ3n) is 4.66. The maximum Gasteiger partial charge on any atom is 0.270 e. The molecule has 5 nitrogen and oxygen atoms in total. The van der Waals surface area contributed by atoms with E-state index >= 15 is 0 Å². The molecule has 0 bridgehead atoms. The van der Waals surface area contributed by atoms with Gasteiger partial charge in [-0.1, -0.05) is 6.07 Å². The molecule has 0 atom stereocenters. The lowest BCUT2D eigenvalue weighted by molar-refractivity contribution is 0.0623. The van der Waals surface area contributed by atoms with E-state index in [0.717, 1.165) is 19.6 Å². The molecule has 1 amide bonds. The third-order valence-corrected chi connectivity index (χ3v) is 4.66. The largest absolute Gasteiger partial charge is 0.350 e. The van der Waals surface area contributed by atoms with E-state index in [0.29, 0.717) is 29.7 Å². The summed E-state index contributed by atoms with van der Waals surface area (Å²) in [5, 5.41) is 0.460. The molecule has 0 radical (unpaired) electrons. The van der Waals surface area contributed by atoms with Crippen molar-refractivity contribution in [2.24, 2.45) is 0 Å². The van der Waals surface area contributed by atoms with Gasteiger partial charge in [0.15, 0.2) is 0 Å². The summed E-state index contributed by atoms with van der Waals surface area (Å²) in [4.78, 5) is 23.9. The second kappa shape index (κ2) is 6.64. The van der Waals surface area contributed by atoms with Crippen molar-refractivity contribution in [3.05, 3.63) is 65.9 Å². The van der Waals surface area contributed by atoms with Gasteiger partial charge in [-0.05, 0) is 35.9 Å². The van der Waals surface area contributed by atoms with E-state index in [1.54, 1.807) is 30.6 Å². The summed E-state index contributed by atoms with van der Waals surface area (Å²) in [6.07, 6.45) is 3.59. The first-order valence-corrected chi connectivity index (χ1v) is 8.38. The van der Waals surface area contributed by atoms with E-state index < -0.39 is 0 Å². The Morgan fingerprint density at radius 2 is 1.88 bits per heavy atom. The number of benzene rings is 1. The maximum atomic E-state index is 13.8. The third kappa shape index (κ3) is 3.25. The Kier molecular flexibility index (Phi) is 4.19. The van der Waals surface area contributed by atoms with Crippen LogP contribution in [0.25, 0.3) is 10.9 Å². The number of rotatable bonds is 3. The van der Waals surface area contributed by atoms with Gasteiger partial charge in [0.1, 0.15) is 11.5 Å². The van der Waals surface area contributed by atoms with E-state index in [1.165, 1.54) is 11.6 Å². The maximum absolute atomic E-state index is 13.8. The van der Waals surface area contributed by atoms with E-state index in [-0.39, 0.29) is 11.7 Å². The number of halogens is 1. The summed E-state index contributed by atoms with van der Waals surface area (Å²) in [5.41, 5.74) is 2.32. The summed E-state index contributed by atoms with van der Waals surface area (Å²) < 4.78 is 13.8. The first kappa shape index (κ1) is 15.8. The molecule has 128 valence electrons. The number of hydrogen-bond donors (Lipinski definition) is 1. The Balaban J connectivity index is 1.41.